The number of ether oxygens (including phenoxy) is 4. The summed E-state index contributed by atoms with van der Waals surface area (Å²) in [6.07, 6.45) is 55.6. The molecule has 0 aliphatic rings. The third-order valence-electron chi connectivity index (χ3n) is 17.3. The summed E-state index contributed by atoms with van der Waals surface area (Å²) in [6.45, 7) is 7.27. The van der Waals surface area contributed by atoms with E-state index in [-0.39, 0.29) is 25.7 Å². The van der Waals surface area contributed by atoms with Crippen LogP contribution in [0.25, 0.3) is 0 Å². The summed E-state index contributed by atoms with van der Waals surface area (Å²) < 4.78 is 68.3. The Morgan fingerprint density at radius 3 is 0.731 bits per heavy atom. The van der Waals surface area contributed by atoms with Crippen molar-refractivity contribution >= 4 is 39.5 Å². The van der Waals surface area contributed by atoms with E-state index in [0.29, 0.717) is 25.7 Å². The molecule has 93 heavy (non-hydrogen) atoms. The predicted octanol–water partition coefficient (Wildman–Crippen LogP) is 21.7. The van der Waals surface area contributed by atoms with E-state index in [2.05, 4.69) is 34.6 Å². The number of phosphoric acid groups is 2. The number of carbonyl (C=O) groups excluding carboxylic acids is 4. The van der Waals surface area contributed by atoms with Gasteiger partial charge in [0.1, 0.15) is 19.3 Å². The average Bonchev–Trinajstić information content (AvgIpc) is 2.34. The van der Waals surface area contributed by atoms with Crippen LogP contribution in [0, 0.1) is 5.92 Å². The van der Waals surface area contributed by atoms with Crippen LogP contribution in [0.2, 0.25) is 0 Å². The predicted molar refractivity (Wildman–Crippen MR) is 377 cm³/mol. The molecular formula is C74H144O17P2. The highest BCUT2D eigenvalue weighted by molar-refractivity contribution is 7.47. The molecule has 0 radical (unpaired) electrons. The fourth-order valence-electron chi connectivity index (χ4n) is 11.4. The van der Waals surface area contributed by atoms with Crippen molar-refractivity contribution in [3.05, 3.63) is 0 Å². The van der Waals surface area contributed by atoms with E-state index in [1.165, 1.54) is 199 Å². The van der Waals surface area contributed by atoms with Gasteiger partial charge in [-0.1, -0.05) is 336 Å². The van der Waals surface area contributed by atoms with Crippen LogP contribution in [0.5, 0.6) is 0 Å². The molecule has 17 nitrogen and oxygen atoms in total. The van der Waals surface area contributed by atoms with E-state index < -0.39 is 97.5 Å². The molecule has 0 aromatic heterocycles. The van der Waals surface area contributed by atoms with E-state index in [1.807, 2.05) is 0 Å². The maximum absolute atomic E-state index is 13.1. The average molecular weight is 1370 g/mol. The lowest BCUT2D eigenvalue weighted by molar-refractivity contribution is -0.161. The molecule has 0 rings (SSSR count). The first-order valence-corrected chi connectivity index (χ1v) is 41.6. The van der Waals surface area contributed by atoms with Crippen LogP contribution in [0.3, 0.4) is 0 Å². The summed E-state index contributed by atoms with van der Waals surface area (Å²) in [6, 6.07) is 0. The van der Waals surface area contributed by atoms with Gasteiger partial charge in [-0.05, 0) is 31.6 Å². The summed E-state index contributed by atoms with van der Waals surface area (Å²) in [7, 11) is -9.90. The number of unbranched alkanes of at least 4 members (excludes halogenated alkanes) is 46. The smallest absolute Gasteiger partial charge is 0.462 e. The topological polar surface area (TPSA) is 237 Å². The van der Waals surface area contributed by atoms with Crippen LogP contribution in [-0.2, 0) is 65.4 Å². The van der Waals surface area contributed by atoms with Crippen LogP contribution in [0.1, 0.15) is 388 Å². The highest BCUT2D eigenvalue weighted by Gasteiger charge is 2.30. The normalized spacial score (nSPS) is 14.0. The zero-order valence-corrected chi connectivity index (χ0v) is 62.2. The lowest BCUT2D eigenvalue weighted by Crippen LogP contribution is -2.30. The number of carbonyl (C=O) groups is 4. The third-order valence-corrected chi connectivity index (χ3v) is 19.2. The molecule has 0 aliphatic heterocycles. The van der Waals surface area contributed by atoms with Crippen molar-refractivity contribution in [1.29, 1.82) is 0 Å². The van der Waals surface area contributed by atoms with E-state index in [4.69, 9.17) is 37.0 Å². The maximum Gasteiger partial charge on any atom is 0.472 e. The molecule has 0 aromatic rings. The second kappa shape index (κ2) is 67.3. The molecular weight excluding hydrogens is 1220 g/mol. The molecule has 0 heterocycles. The molecule has 5 atom stereocenters. The van der Waals surface area contributed by atoms with Gasteiger partial charge in [0.05, 0.1) is 26.4 Å². The van der Waals surface area contributed by atoms with Crippen molar-refractivity contribution in [2.75, 3.05) is 39.6 Å². The summed E-state index contributed by atoms with van der Waals surface area (Å²) in [4.78, 5) is 72.6. The van der Waals surface area contributed by atoms with Gasteiger partial charge in [0, 0.05) is 25.7 Å². The molecule has 0 aliphatic carbocycles. The van der Waals surface area contributed by atoms with Gasteiger partial charge in [0.25, 0.3) is 0 Å². The van der Waals surface area contributed by atoms with Crippen molar-refractivity contribution in [2.24, 2.45) is 5.92 Å². The quantitative estimate of drug-likeness (QED) is 0.0222. The Kier molecular flexibility index (Phi) is 65.9. The fourth-order valence-corrected chi connectivity index (χ4v) is 12.9. The molecule has 0 amide bonds. The molecule has 0 fully saturated rings. The van der Waals surface area contributed by atoms with Crippen molar-refractivity contribution < 1.29 is 80.2 Å². The molecule has 0 saturated heterocycles. The van der Waals surface area contributed by atoms with Crippen LogP contribution in [0.4, 0.5) is 0 Å². The Balaban J connectivity index is 5.18. The van der Waals surface area contributed by atoms with Crippen LogP contribution in [-0.4, -0.2) is 96.7 Å². The van der Waals surface area contributed by atoms with Crippen molar-refractivity contribution in [2.45, 2.75) is 406 Å². The first-order chi connectivity index (χ1) is 45.0. The second-order valence-corrected chi connectivity index (χ2v) is 30.1. The highest BCUT2D eigenvalue weighted by atomic mass is 31.2. The van der Waals surface area contributed by atoms with Gasteiger partial charge >= 0.3 is 39.5 Å². The van der Waals surface area contributed by atoms with Crippen molar-refractivity contribution in [3.63, 3.8) is 0 Å². The van der Waals surface area contributed by atoms with Gasteiger partial charge in [0.2, 0.25) is 0 Å². The minimum absolute atomic E-state index is 0.107. The molecule has 3 N–H and O–H groups in total. The minimum atomic E-state index is -4.95. The lowest BCUT2D eigenvalue weighted by atomic mass is 10.0. The molecule has 552 valence electrons. The zero-order chi connectivity index (χ0) is 68.4. The Hall–Kier alpha value is -1.94. The molecule has 0 aromatic carbocycles. The summed E-state index contributed by atoms with van der Waals surface area (Å²) >= 11 is 0. The molecule has 0 spiro atoms. The molecule has 0 bridgehead atoms. The summed E-state index contributed by atoms with van der Waals surface area (Å²) in [5.74, 6) is -1.31. The SMILES string of the molecule is CCCCCCCCCCCCCCCCCCC(=O)OC[C@H](COP(=O)(O)OC[C@@H](O)COP(=O)(O)OC[C@@H](COC(=O)CCCCCCCCC)OC(=O)CCCCCCCCCCCCC)OC(=O)CCCCCCCCCCCCCCCCCCC(C)C. The van der Waals surface area contributed by atoms with Crippen molar-refractivity contribution in [1.82, 2.24) is 0 Å². The van der Waals surface area contributed by atoms with E-state index >= 15 is 0 Å². The van der Waals surface area contributed by atoms with Crippen LogP contribution >= 0.6 is 15.6 Å². The van der Waals surface area contributed by atoms with Gasteiger partial charge in [-0.2, -0.15) is 0 Å². The van der Waals surface area contributed by atoms with Gasteiger partial charge < -0.3 is 33.8 Å². The number of esters is 4. The van der Waals surface area contributed by atoms with Crippen LogP contribution in [0.15, 0.2) is 0 Å². The van der Waals surface area contributed by atoms with E-state index in [1.54, 1.807) is 0 Å². The monoisotopic (exact) mass is 1370 g/mol. The second-order valence-electron chi connectivity index (χ2n) is 27.2. The largest absolute Gasteiger partial charge is 0.472 e. The number of hydrogen-bond donors (Lipinski definition) is 3. The lowest BCUT2D eigenvalue weighted by Gasteiger charge is -2.21. The highest BCUT2D eigenvalue weighted by Crippen LogP contribution is 2.45. The van der Waals surface area contributed by atoms with Gasteiger partial charge in [-0.25, -0.2) is 9.13 Å². The number of rotatable bonds is 74. The molecule has 0 saturated carbocycles. The third kappa shape index (κ3) is 68.4. The van der Waals surface area contributed by atoms with Gasteiger partial charge in [-0.3, -0.25) is 37.3 Å². The maximum atomic E-state index is 13.1. The Labute approximate surface area is 568 Å². The summed E-state index contributed by atoms with van der Waals surface area (Å²) in [5, 5.41) is 10.6. The number of hydrogen-bond acceptors (Lipinski definition) is 15. The first kappa shape index (κ1) is 91.1. The number of phosphoric ester groups is 2. The van der Waals surface area contributed by atoms with Gasteiger partial charge in [-0.15, -0.1) is 0 Å². The number of aliphatic hydroxyl groups excluding tert-OH is 1. The fraction of sp³-hybridized carbons (Fsp3) is 0.946. The zero-order valence-electron chi connectivity index (χ0n) is 60.4. The Morgan fingerprint density at radius 1 is 0.290 bits per heavy atom. The molecule has 19 heteroatoms. The minimum Gasteiger partial charge on any atom is -0.462 e. The Bertz CT molecular complexity index is 1790. The van der Waals surface area contributed by atoms with E-state index in [9.17, 15) is 43.2 Å². The standard InChI is InChI=1S/C74H144O17P2/c1-6-9-12-15-18-20-22-23-24-28-31-35-38-43-48-53-58-72(77)85-64-70(91-74(79)60-55-50-45-40-36-32-29-26-25-27-30-34-37-42-46-51-56-67(4)5)66-89-93(82,83)87-62-68(75)61-86-92(80,81)88-65-69(63-84-71(76)57-52-47-41-17-14-11-8-3)90-73(78)59-54-49-44-39-33-21-19-16-13-10-7-2/h67-70,75H,6-66H2,1-5H3,(H,80,81)(H,82,83)/t68-,69+,70+/m0/s1. The number of aliphatic hydroxyl groups is 1. The molecule has 2 unspecified atom stereocenters. The van der Waals surface area contributed by atoms with Crippen LogP contribution < -0.4 is 0 Å². The Morgan fingerprint density at radius 2 is 0.495 bits per heavy atom. The summed E-state index contributed by atoms with van der Waals surface area (Å²) in [5.41, 5.74) is 0. The van der Waals surface area contributed by atoms with E-state index in [0.717, 1.165) is 109 Å². The van der Waals surface area contributed by atoms with Gasteiger partial charge in [0.15, 0.2) is 12.2 Å². The van der Waals surface area contributed by atoms with Crippen molar-refractivity contribution in [3.8, 4) is 0 Å². The first-order valence-electron chi connectivity index (χ1n) is 38.6.